The Morgan fingerprint density at radius 3 is 2.90 bits per heavy atom. The van der Waals surface area contributed by atoms with E-state index in [1.54, 1.807) is 24.3 Å². The van der Waals surface area contributed by atoms with Crippen molar-refractivity contribution in [3.05, 3.63) is 58.0 Å². The van der Waals surface area contributed by atoms with Crippen LogP contribution in [0.25, 0.3) is 5.69 Å². The lowest BCUT2D eigenvalue weighted by molar-refractivity contribution is 0.0591. The molecule has 1 N–H and O–H groups in total. The summed E-state index contributed by atoms with van der Waals surface area (Å²) >= 11 is 0. The number of nitrogens with zero attached hydrogens (tertiary/aromatic N) is 3. The number of carbonyl (C=O) groups excluding carboxylic acids is 1. The van der Waals surface area contributed by atoms with Crippen LogP contribution in [-0.4, -0.2) is 34.3 Å². The Hall–Kier alpha value is -2.96. The molecule has 7 nitrogen and oxygen atoms in total. The minimum absolute atomic E-state index is 0.0216. The zero-order valence-electron chi connectivity index (χ0n) is 10.6. The van der Waals surface area contributed by atoms with Gasteiger partial charge in [-0.15, -0.1) is 0 Å². The molecule has 0 amide bonds. The molecule has 0 saturated heterocycles. The first kappa shape index (κ1) is 13.5. The van der Waals surface area contributed by atoms with E-state index in [0.29, 0.717) is 11.3 Å². The highest BCUT2D eigenvalue weighted by Gasteiger charge is 2.10. The van der Waals surface area contributed by atoms with Crippen LogP contribution in [-0.2, 0) is 4.74 Å². The van der Waals surface area contributed by atoms with Gasteiger partial charge in [0.05, 0.1) is 19.0 Å². The fraction of sp³-hybridized carbons (Fsp3) is 0.0769. The Bertz CT molecular complexity index is 722. The third-order valence-electron chi connectivity index (χ3n) is 2.52. The molecule has 1 aromatic heterocycles. The molecule has 0 saturated carbocycles. The van der Waals surface area contributed by atoms with E-state index in [9.17, 15) is 9.59 Å². The van der Waals surface area contributed by atoms with E-state index in [4.69, 9.17) is 5.21 Å². The summed E-state index contributed by atoms with van der Waals surface area (Å²) in [4.78, 5) is 23.2. The molecule has 0 spiro atoms. The number of methoxy groups -OCH3 is 1. The average Bonchev–Trinajstić information content (AvgIpc) is 2.47. The van der Waals surface area contributed by atoms with Crippen LogP contribution in [0.4, 0.5) is 0 Å². The second-order valence-corrected chi connectivity index (χ2v) is 3.80. The Morgan fingerprint density at radius 1 is 1.40 bits per heavy atom. The third-order valence-corrected chi connectivity index (χ3v) is 2.52. The first-order valence-corrected chi connectivity index (χ1v) is 5.62. The molecule has 0 aliphatic carbocycles. The lowest BCUT2D eigenvalue weighted by atomic mass is 10.2. The van der Waals surface area contributed by atoms with Crippen molar-refractivity contribution in [2.75, 3.05) is 7.11 Å². The monoisotopic (exact) mass is 273 g/mol. The van der Waals surface area contributed by atoms with Crippen LogP contribution in [0.3, 0.4) is 0 Å². The number of ether oxygens (including phenoxy) is 1. The largest absolute Gasteiger partial charge is 0.464 e. The standard InChI is InChI=1S/C13H11N3O4/c1-20-13(18)11-5-6-12(17)16(15-11)10-4-2-3-9(7-10)8-14-19/h2-8,19H,1H3. The molecule has 2 aromatic rings. The number of hydrogen-bond acceptors (Lipinski definition) is 6. The number of hydrogen-bond donors (Lipinski definition) is 1. The van der Waals surface area contributed by atoms with Gasteiger partial charge in [0.2, 0.25) is 0 Å². The van der Waals surface area contributed by atoms with Crippen molar-refractivity contribution in [1.82, 2.24) is 9.78 Å². The van der Waals surface area contributed by atoms with Gasteiger partial charge >= 0.3 is 5.97 Å². The molecule has 0 aliphatic rings. The van der Waals surface area contributed by atoms with Crippen molar-refractivity contribution in [3.63, 3.8) is 0 Å². The zero-order chi connectivity index (χ0) is 14.5. The van der Waals surface area contributed by atoms with Gasteiger partial charge in [-0.3, -0.25) is 4.79 Å². The van der Waals surface area contributed by atoms with Gasteiger partial charge in [-0.05, 0) is 23.8 Å². The number of oxime groups is 1. The number of benzene rings is 1. The number of esters is 1. The maximum absolute atomic E-state index is 11.8. The fourth-order valence-electron chi connectivity index (χ4n) is 1.61. The molecule has 1 heterocycles. The summed E-state index contributed by atoms with van der Waals surface area (Å²) in [6, 6.07) is 9.12. The quantitative estimate of drug-likeness (QED) is 0.387. The molecule has 2 rings (SSSR count). The van der Waals surface area contributed by atoms with Crippen LogP contribution in [0, 0.1) is 0 Å². The van der Waals surface area contributed by atoms with Gasteiger partial charge in [-0.25, -0.2) is 4.79 Å². The van der Waals surface area contributed by atoms with Crippen molar-refractivity contribution in [2.24, 2.45) is 5.16 Å². The topological polar surface area (TPSA) is 93.8 Å². The maximum Gasteiger partial charge on any atom is 0.358 e. The first-order valence-electron chi connectivity index (χ1n) is 5.62. The first-order chi connectivity index (χ1) is 9.65. The summed E-state index contributed by atoms with van der Waals surface area (Å²) in [5, 5.41) is 15.4. The minimum Gasteiger partial charge on any atom is -0.464 e. The lowest BCUT2D eigenvalue weighted by Gasteiger charge is -2.06. The van der Waals surface area contributed by atoms with Gasteiger partial charge in [0.25, 0.3) is 5.56 Å². The highest BCUT2D eigenvalue weighted by Crippen LogP contribution is 2.07. The van der Waals surface area contributed by atoms with Gasteiger partial charge in [0.15, 0.2) is 5.69 Å². The van der Waals surface area contributed by atoms with Crippen molar-refractivity contribution in [2.45, 2.75) is 0 Å². The molecule has 0 radical (unpaired) electrons. The van der Waals surface area contributed by atoms with Crippen molar-refractivity contribution >= 4 is 12.2 Å². The fourth-order valence-corrected chi connectivity index (χ4v) is 1.61. The summed E-state index contributed by atoms with van der Waals surface area (Å²) < 4.78 is 5.63. The second kappa shape index (κ2) is 5.79. The third kappa shape index (κ3) is 2.72. The number of carbonyl (C=O) groups is 1. The van der Waals surface area contributed by atoms with E-state index < -0.39 is 11.5 Å². The summed E-state index contributed by atoms with van der Waals surface area (Å²) in [5.74, 6) is -0.633. The Kier molecular flexibility index (Phi) is 3.90. The van der Waals surface area contributed by atoms with E-state index >= 15 is 0 Å². The van der Waals surface area contributed by atoms with E-state index in [-0.39, 0.29) is 5.69 Å². The second-order valence-electron chi connectivity index (χ2n) is 3.80. The minimum atomic E-state index is -0.633. The molecule has 102 valence electrons. The summed E-state index contributed by atoms with van der Waals surface area (Å²) in [7, 11) is 1.23. The van der Waals surface area contributed by atoms with E-state index in [1.165, 1.54) is 25.5 Å². The molecule has 1 aromatic carbocycles. The highest BCUT2D eigenvalue weighted by atomic mass is 16.5. The summed E-state index contributed by atoms with van der Waals surface area (Å²) in [5.41, 5.74) is 0.657. The van der Waals surface area contributed by atoms with Crippen LogP contribution in [0.2, 0.25) is 0 Å². The molecular weight excluding hydrogens is 262 g/mol. The Balaban J connectivity index is 2.54. The Labute approximate surface area is 113 Å². The van der Waals surface area contributed by atoms with Crippen LogP contribution in [0.15, 0.2) is 46.3 Å². The molecule has 20 heavy (non-hydrogen) atoms. The van der Waals surface area contributed by atoms with E-state index in [0.717, 1.165) is 4.68 Å². The summed E-state index contributed by atoms with van der Waals surface area (Å²) in [6.07, 6.45) is 1.22. The van der Waals surface area contributed by atoms with Gasteiger partial charge in [0, 0.05) is 6.07 Å². The molecule has 0 atom stereocenters. The van der Waals surface area contributed by atoms with Crippen LogP contribution in [0.5, 0.6) is 0 Å². The smallest absolute Gasteiger partial charge is 0.358 e. The van der Waals surface area contributed by atoms with Crippen LogP contribution >= 0.6 is 0 Å². The van der Waals surface area contributed by atoms with Gasteiger partial charge in [-0.2, -0.15) is 9.78 Å². The molecule has 0 fully saturated rings. The predicted octanol–water partition coefficient (Wildman–Crippen LogP) is 0.827. The predicted molar refractivity (Wildman–Crippen MR) is 70.6 cm³/mol. The summed E-state index contributed by atoms with van der Waals surface area (Å²) in [6.45, 7) is 0. The van der Waals surface area contributed by atoms with E-state index in [2.05, 4.69) is 15.0 Å². The van der Waals surface area contributed by atoms with Crippen LogP contribution < -0.4 is 5.56 Å². The van der Waals surface area contributed by atoms with Gasteiger partial charge in [0.1, 0.15) is 0 Å². The normalized spacial score (nSPS) is 10.7. The van der Waals surface area contributed by atoms with Gasteiger partial charge < -0.3 is 9.94 Å². The lowest BCUT2D eigenvalue weighted by Crippen LogP contribution is -2.23. The molecule has 0 unspecified atom stereocenters. The Morgan fingerprint density at radius 2 is 2.20 bits per heavy atom. The molecular formula is C13H11N3O4. The highest BCUT2D eigenvalue weighted by molar-refractivity contribution is 5.86. The average molecular weight is 273 g/mol. The molecule has 0 bridgehead atoms. The zero-order valence-corrected chi connectivity index (χ0v) is 10.6. The van der Waals surface area contributed by atoms with Crippen molar-refractivity contribution < 1.29 is 14.7 Å². The van der Waals surface area contributed by atoms with Crippen molar-refractivity contribution in [1.29, 1.82) is 0 Å². The number of aromatic nitrogens is 2. The SMILES string of the molecule is COC(=O)c1ccc(=O)n(-c2cccc(C=NO)c2)n1. The van der Waals surface area contributed by atoms with Crippen LogP contribution in [0.1, 0.15) is 16.1 Å². The van der Waals surface area contributed by atoms with Gasteiger partial charge in [-0.1, -0.05) is 17.3 Å². The van der Waals surface area contributed by atoms with E-state index in [1.807, 2.05) is 0 Å². The maximum atomic E-state index is 11.8. The molecule has 7 heteroatoms. The molecule has 0 aliphatic heterocycles. The van der Waals surface area contributed by atoms with Crippen molar-refractivity contribution in [3.8, 4) is 5.69 Å². The number of rotatable bonds is 3.